The average molecular weight is 656 g/mol. The first-order valence-corrected chi connectivity index (χ1v) is 16.5. The van der Waals surface area contributed by atoms with Gasteiger partial charge in [0.25, 0.3) is 5.91 Å². The molecule has 3 aliphatic heterocycles. The van der Waals surface area contributed by atoms with Crippen molar-refractivity contribution in [2.75, 3.05) is 20.3 Å². The number of nitrogens with zero attached hydrogens (tertiary/aromatic N) is 1. The van der Waals surface area contributed by atoms with E-state index in [2.05, 4.69) is 12.0 Å². The van der Waals surface area contributed by atoms with Crippen molar-refractivity contribution >= 4 is 22.5 Å². The molecule has 48 heavy (non-hydrogen) atoms. The van der Waals surface area contributed by atoms with Crippen molar-refractivity contribution in [1.82, 2.24) is 4.90 Å². The summed E-state index contributed by atoms with van der Waals surface area (Å²) in [6.07, 6.45) is 0.384. The Hall–Kier alpha value is -4.34. The van der Waals surface area contributed by atoms with E-state index < -0.39 is 37.3 Å². The molecule has 5 aliphatic rings. The van der Waals surface area contributed by atoms with Crippen LogP contribution in [0.25, 0.3) is 10.8 Å². The normalized spacial score (nSPS) is 29.2. The maximum Gasteiger partial charge on any atom is 0.254 e. The predicted octanol–water partition coefficient (Wildman–Crippen LogP) is 2.94. The number of phenolic OH excluding ortho intramolecular Hbond substituents is 1. The van der Waals surface area contributed by atoms with Gasteiger partial charge in [-0.2, -0.15) is 0 Å². The van der Waals surface area contributed by atoms with Crippen LogP contribution in [0, 0.1) is 17.9 Å². The third-order valence-electron chi connectivity index (χ3n) is 10.9. The lowest BCUT2D eigenvalue weighted by molar-refractivity contribution is -0.276. The minimum absolute atomic E-state index is 0.0737. The molecular weight excluding hydrogens is 618 g/mol. The van der Waals surface area contributed by atoms with Crippen molar-refractivity contribution in [3.63, 3.8) is 0 Å². The van der Waals surface area contributed by atoms with Crippen LogP contribution in [0.4, 0.5) is 0 Å². The van der Waals surface area contributed by atoms with Gasteiger partial charge in [0, 0.05) is 24.6 Å². The number of aryl methyl sites for hydroxylation is 1. The second kappa shape index (κ2) is 12.0. The smallest absolute Gasteiger partial charge is 0.254 e. The van der Waals surface area contributed by atoms with Gasteiger partial charge in [-0.3, -0.25) is 9.59 Å². The molecule has 1 amide bonds. The van der Waals surface area contributed by atoms with E-state index in [-0.39, 0.29) is 59.6 Å². The van der Waals surface area contributed by atoms with E-state index in [9.17, 15) is 30.0 Å². The van der Waals surface area contributed by atoms with Crippen molar-refractivity contribution < 1.29 is 49.0 Å². The summed E-state index contributed by atoms with van der Waals surface area (Å²) in [6.45, 7) is -0.607. The quantitative estimate of drug-likeness (QED) is 0.303. The Labute approximate surface area is 277 Å². The van der Waals surface area contributed by atoms with Crippen LogP contribution < -0.4 is 9.47 Å². The Balaban J connectivity index is 1.35. The van der Waals surface area contributed by atoms with Crippen LogP contribution >= 0.6 is 0 Å². The molecule has 3 heterocycles. The summed E-state index contributed by atoms with van der Waals surface area (Å²) in [7, 11) is 1.51. The van der Waals surface area contributed by atoms with E-state index in [1.54, 1.807) is 12.1 Å². The molecule has 0 aromatic heterocycles. The minimum Gasteiger partial charge on any atom is -0.506 e. The molecule has 11 nitrogen and oxygen atoms in total. The third-order valence-corrected chi connectivity index (χ3v) is 10.9. The molecule has 7 atom stereocenters. The molecule has 0 radical (unpaired) electrons. The second-order valence-corrected chi connectivity index (χ2v) is 13.4. The Morgan fingerprint density at radius 3 is 2.73 bits per heavy atom. The number of ether oxygens (including phenoxy) is 4. The molecule has 2 fully saturated rings. The monoisotopic (exact) mass is 655 g/mol. The van der Waals surface area contributed by atoms with E-state index in [1.807, 2.05) is 12.1 Å². The molecule has 2 aliphatic carbocycles. The third kappa shape index (κ3) is 4.81. The highest BCUT2D eigenvalue weighted by Gasteiger charge is 2.48. The SMILES string of the molecule is COc1cc2c3c(O)c(c4c(c3c1)CCC1CCCC41)C(=O)CN1Cc3c(cccc3C1=O)CC#COC1C(O)C(CO)OC(O2)C1O. The predicted molar refractivity (Wildman–Crippen MR) is 171 cm³/mol. The number of ketones is 1. The van der Waals surface area contributed by atoms with Gasteiger partial charge < -0.3 is 44.3 Å². The molecule has 1 saturated carbocycles. The number of carbonyl (C=O) groups is 2. The zero-order chi connectivity index (χ0) is 33.3. The van der Waals surface area contributed by atoms with E-state index >= 15 is 0 Å². The molecule has 1 saturated heterocycles. The van der Waals surface area contributed by atoms with Crippen molar-refractivity contribution in [2.45, 2.75) is 81.7 Å². The van der Waals surface area contributed by atoms with Crippen LogP contribution in [0.3, 0.4) is 0 Å². The first-order valence-electron chi connectivity index (χ1n) is 16.5. The summed E-state index contributed by atoms with van der Waals surface area (Å²) in [6, 6.07) is 8.71. The van der Waals surface area contributed by atoms with Crippen LogP contribution in [0.5, 0.6) is 17.2 Å². The van der Waals surface area contributed by atoms with Crippen molar-refractivity contribution in [3.8, 4) is 29.3 Å². The number of hydrogen-bond acceptors (Lipinski definition) is 10. The fourth-order valence-electron chi connectivity index (χ4n) is 8.54. The van der Waals surface area contributed by atoms with Crippen molar-refractivity contribution in [1.29, 1.82) is 0 Å². The van der Waals surface area contributed by atoms with Crippen LogP contribution in [0.2, 0.25) is 0 Å². The van der Waals surface area contributed by atoms with Crippen LogP contribution in [-0.2, 0) is 28.9 Å². The molecular formula is C37H37NO10. The van der Waals surface area contributed by atoms with Gasteiger partial charge >= 0.3 is 0 Å². The largest absolute Gasteiger partial charge is 0.506 e. The standard InChI is InChI=1S/C37H37NO10/c1-45-20-13-24-22-11-10-19-6-2-8-21(19)29(22)31-26(40)16-38-15-25-18(5-3-9-23(25)36(38)44)7-4-12-46-35-32(41)28(17-39)48-37(34(35)43)47-27(14-20)30(24)33(31)42/h3,5,9,13-14,19,21,28,32,34-35,37,39,41-43H,2,6-8,10-11,15-17H2,1H3. The topological polar surface area (TPSA) is 155 Å². The van der Waals surface area contributed by atoms with Crippen LogP contribution in [0.15, 0.2) is 30.3 Å². The van der Waals surface area contributed by atoms with E-state index in [4.69, 9.17) is 18.9 Å². The highest BCUT2D eigenvalue weighted by Crippen LogP contribution is 2.54. The first kappa shape index (κ1) is 31.0. The Kier molecular flexibility index (Phi) is 7.72. The fourth-order valence-corrected chi connectivity index (χ4v) is 8.54. The van der Waals surface area contributed by atoms with E-state index in [0.29, 0.717) is 29.0 Å². The summed E-state index contributed by atoms with van der Waals surface area (Å²) >= 11 is 0. The average Bonchev–Trinajstić information content (AvgIpc) is 3.69. The Morgan fingerprint density at radius 1 is 1.06 bits per heavy atom. The van der Waals surface area contributed by atoms with Gasteiger partial charge in [-0.1, -0.05) is 24.5 Å². The lowest BCUT2D eigenvalue weighted by Gasteiger charge is -2.40. The highest BCUT2D eigenvalue weighted by molar-refractivity contribution is 6.12. The molecule has 11 heteroatoms. The molecule has 6 bridgehead atoms. The number of methoxy groups -OCH3 is 1. The zero-order valence-corrected chi connectivity index (χ0v) is 26.5. The first-order chi connectivity index (χ1) is 23.3. The molecule has 0 spiro atoms. The summed E-state index contributed by atoms with van der Waals surface area (Å²) in [5, 5.41) is 45.5. The van der Waals surface area contributed by atoms with Gasteiger partial charge in [0.15, 0.2) is 18.0 Å². The number of aliphatic hydroxyl groups is 3. The zero-order valence-electron chi connectivity index (χ0n) is 26.5. The number of carbonyl (C=O) groups excluding carboxylic acids is 2. The molecule has 3 aromatic rings. The van der Waals surface area contributed by atoms with Crippen molar-refractivity contribution in [3.05, 3.63) is 63.7 Å². The number of rotatable bonds is 2. The molecule has 3 aromatic carbocycles. The number of phenols is 1. The van der Waals surface area contributed by atoms with Gasteiger partial charge in [0.1, 0.15) is 35.6 Å². The minimum atomic E-state index is -1.57. The van der Waals surface area contributed by atoms with E-state index in [1.165, 1.54) is 18.1 Å². The second-order valence-electron chi connectivity index (χ2n) is 13.4. The van der Waals surface area contributed by atoms with Gasteiger partial charge in [0.05, 0.1) is 31.2 Å². The molecule has 8 rings (SSSR count). The van der Waals surface area contributed by atoms with Crippen LogP contribution in [-0.4, -0.2) is 88.0 Å². The summed E-state index contributed by atoms with van der Waals surface area (Å²) in [5.41, 5.74) is 3.99. The van der Waals surface area contributed by atoms with Crippen molar-refractivity contribution in [2.24, 2.45) is 5.92 Å². The Morgan fingerprint density at radius 2 is 1.92 bits per heavy atom. The van der Waals surface area contributed by atoms with E-state index in [0.717, 1.165) is 47.9 Å². The highest BCUT2D eigenvalue weighted by atomic mass is 16.7. The number of aliphatic hydroxyl groups excluding tert-OH is 3. The van der Waals surface area contributed by atoms with Gasteiger partial charge in [-0.15, -0.1) is 0 Å². The maximum atomic E-state index is 14.5. The van der Waals surface area contributed by atoms with Gasteiger partial charge in [0.2, 0.25) is 6.29 Å². The number of Topliss-reactive ketones (excluding diaryl/α,β-unsaturated/α-hetero) is 1. The lowest BCUT2D eigenvalue weighted by Crippen LogP contribution is -2.60. The molecule has 4 N–H and O–H groups in total. The van der Waals surface area contributed by atoms with Gasteiger partial charge in [-0.25, -0.2) is 0 Å². The number of aromatic hydroxyl groups is 1. The lowest BCUT2D eigenvalue weighted by atomic mass is 9.72. The summed E-state index contributed by atoms with van der Waals surface area (Å²) < 4.78 is 23.4. The molecule has 7 unspecified atom stereocenters. The molecule has 250 valence electrons. The van der Waals surface area contributed by atoms with Gasteiger partial charge in [-0.05, 0) is 77.3 Å². The fraction of sp³-hybridized carbons (Fsp3) is 0.459. The Bertz CT molecular complexity index is 1890. The number of amides is 1. The number of hydrogen-bond donors (Lipinski definition) is 4. The maximum absolute atomic E-state index is 14.5. The number of fused-ring (bicyclic) bond motifs is 9. The van der Waals surface area contributed by atoms with Crippen LogP contribution in [0.1, 0.15) is 74.6 Å². The summed E-state index contributed by atoms with van der Waals surface area (Å²) in [4.78, 5) is 29.6. The number of benzene rings is 3. The summed E-state index contributed by atoms with van der Waals surface area (Å²) in [5.74, 6) is 2.97.